The summed E-state index contributed by atoms with van der Waals surface area (Å²) in [6.07, 6.45) is 0.121. The van der Waals surface area contributed by atoms with Crippen molar-refractivity contribution in [2.45, 2.75) is 18.3 Å². The second kappa shape index (κ2) is 5.97. The number of rotatable bonds is 3. The fourth-order valence-electron chi connectivity index (χ4n) is 1.87. The predicted octanol–water partition coefficient (Wildman–Crippen LogP) is 1.62. The molecule has 0 aromatic heterocycles. The molecule has 0 bridgehead atoms. The van der Waals surface area contributed by atoms with Crippen LogP contribution in [0.1, 0.15) is 12.0 Å². The third-order valence-electron chi connectivity index (χ3n) is 2.89. The number of amides is 1. The number of hydrogen-bond donors (Lipinski definition) is 1. The summed E-state index contributed by atoms with van der Waals surface area (Å²) in [7, 11) is 0. The highest BCUT2D eigenvalue weighted by atomic mass is 32.2. The van der Waals surface area contributed by atoms with E-state index in [1.807, 2.05) is 30.3 Å². The highest BCUT2D eigenvalue weighted by molar-refractivity contribution is 7.79. The molecular formula is C12H15NO4S. The average Bonchev–Trinajstić information content (AvgIpc) is 2.87. The van der Waals surface area contributed by atoms with Gasteiger partial charge in [-0.2, -0.15) is 0 Å². The molecule has 1 N–H and O–H groups in total. The van der Waals surface area contributed by atoms with Crippen molar-refractivity contribution >= 4 is 17.2 Å². The van der Waals surface area contributed by atoms with Crippen LogP contribution in [0.4, 0.5) is 4.79 Å². The standard InChI is InChI=1S/C12H15NO4S/c14-12(13-7-6-11(8-13)18(15)16)17-9-10-4-2-1-3-5-10/h1-5,11H,6-9H2,(H,15,16)/t11-/m1/s1. The van der Waals surface area contributed by atoms with Crippen LogP contribution >= 0.6 is 0 Å². The summed E-state index contributed by atoms with van der Waals surface area (Å²) in [5, 5.41) is -0.353. The Balaban J connectivity index is 1.81. The molecule has 0 radical (unpaired) electrons. The van der Waals surface area contributed by atoms with Crippen molar-refractivity contribution in [2.24, 2.45) is 0 Å². The van der Waals surface area contributed by atoms with Gasteiger partial charge in [0.15, 0.2) is 11.1 Å². The molecular weight excluding hydrogens is 254 g/mol. The summed E-state index contributed by atoms with van der Waals surface area (Å²) >= 11 is -1.87. The van der Waals surface area contributed by atoms with Gasteiger partial charge in [-0.3, -0.25) is 0 Å². The van der Waals surface area contributed by atoms with E-state index < -0.39 is 17.2 Å². The molecule has 6 heteroatoms. The molecule has 0 aliphatic carbocycles. The maximum Gasteiger partial charge on any atom is 0.410 e. The summed E-state index contributed by atoms with van der Waals surface area (Å²) in [5.74, 6) is 0. The maximum absolute atomic E-state index is 11.7. The van der Waals surface area contributed by atoms with Crippen molar-refractivity contribution < 1.29 is 18.3 Å². The van der Waals surface area contributed by atoms with Gasteiger partial charge in [-0.05, 0) is 12.0 Å². The van der Waals surface area contributed by atoms with E-state index in [0.29, 0.717) is 13.0 Å². The van der Waals surface area contributed by atoms with Crippen molar-refractivity contribution in [3.05, 3.63) is 35.9 Å². The van der Waals surface area contributed by atoms with Crippen LogP contribution in [0.3, 0.4) is 0 Å². The van der Waals surface area contributed by atoms with Gasteiger partial charge in [-0.25, -0.2) is 9.00 Å². The van der Waals surface area contributed by atoms with Gasteiger partial charge in [0.05, 0.1) is 5.25 Å². The van der Waals surface area contributed by atoms with E-state index in [2.05, 4.69) is 0 Å². The van der Waals surface area contributed by atoms with Crippen LogP contribution in [0.15, 0.2) is 30.3 Å². The highest BCUT2D eigenvalue weighted by Gasteiger charge is 2.30. The molecule has 98 valence electrons. The summed E-state index contributed by atoms with van der Waals surface area (Å²) < 4.78 is 25.0. The number of hydrogen-bond acceptors (Lipinski definition) is 3. The number of benzene rings is 1. The number of carbonyl (C=O) groups is 1. The number of nitrogens with zero attached hydrogens (tertiary/aromatic N) is 1. The molecule has 18 heavy (non-hydrogen) atoms. The number of likely N-dealkylation sites (tertiary alicyclic amines) is 1. The van der Waals surface area contributed by atoms with Gasteiger partial charge in [-0.1, -0.05) is 30.3 Å². The quantitative estimate of drug-likeness (QED) is 0.847. The van der Waals surface area contributed by atoms with Crippen LogP contribution in [-0.2, 0) is 22.4 Å². The zero-order valence-corrected chi connectivity index (χ0v) is 10.6. The molecule has 1 aliphatic heterocycles. The van der Waals surface area contributed by atoms with Crippen LogP contribution in [0.5, 0.6) is 0 Å². The lowest BCUT2D eigenvalue weighted by atomic mass is 10.2. The molecule has 1 aliphatic rings. The first-order valence-corrected chi connectivity index (χ1v) is 6.89. The summed E-state index contributed by atoms with van der Waals surface area (Å²) in [5.41, 5.74) is 0.923. The smallest absolute Gasteiger partial charge is 0.410 e. The first-order valence-electron chi connectivity index (χ1n) is 5.72. The Morgan fingerprint density at radius 2 is 2.17 bits per heavy atom. The van der Waals surface area contributed by atoms with Crippen LogP contribution in [0, 0.1) is 0 Å². The molecule has 1 aromatic rings. The normalized spacial score (nSPS) is 20.7. The second-order valence-corrected chi connectivity index (χ2v) is 5.39. The first kappa shape index (κ1) is 13.0. The van der Waals surface area contributed by atoms with E-state index in [1.54, 1.807) is 0 Å². The van der Waals surface area contributed by atoms with Crippen molar-refractivity contribution in [1.82, 2.24) is 4.90 Å². The zero-order chi connectivity index (χ0) is 13.0. The summed E-state index contributed by atoms with van der Waals surface area (Å²) in [4.78, 5) is 13.2. The molecule has 5 nitrogen and oxygen atoms in total. The van der Waals surface area contributed by atoms with Gasteiger partial charge in [-0.15, -0.1) is 0 Å². The third-order valence-corrected chi connectivity index (χ3v) is 3.85. The Labute approximate surface area is 108 Å². The van der Waals surface area contributed by atoms with E-state index in [0.717, 1.165) is 5.56 Å². The molecule has 1 saturated heterocycles. The molecule has 1 heterocycles. The largest absolute Gasteiger partial charge is 0.445 e. The van der Waals surface area contributed by atoms with Gasteiger partial charge in [0, 0.05) is 13.1 Å². The second-order valence-electron chi connectivity index (χ2n) is 4.17. The van der Waals surface area contributed by atoms with Crippen molar-refractivity contribution in [2.75, 3.05) is 13.1 Å². The SMILES string of the molecule is O=C(OCc1ccccc1)N1CC[C@@H](S(=O)O)C1. The van der Waals surface area contributed by atoms with E-state index in [4.69, 9.17) is 9.29 Å². The van der Waals surface area contributed by atoms with E-state index in [1.165, 1.54) is 4.90 Å². The molecule has 1 aromatic carbocycles. The van der Waals surface area contributed by atoms with Gasteiger partial charge in [0.2, 0.25) is 0 Å². The van der Waals surface area contributed by atoms with Crippen molar-refractivity contribution in [3.8, 4) is 0 Å². The lowest BCUT2D eigenvalue weighted by Gasteiger charge is -2.15. The highest BCUT2D eigenvalue weighted by Crippen LogP contribution is 2.15. The van der Waals surface area contributed by atoms with Crippen molar-refractivity contribution in [3.63, 3.8) is 0 Å². The third kappa shape index (κ3) is 3.30. The van der Waals surface area contributed by atoms with Gasteiger partial charge < -0.3 is 14.2 Å². The monoisotopic (exact) mass is 269 g/mol. The average molecular weight is 269 g/mol. The fourth-order valence-corrected chi connectivity index (χ4v) is 2.48. The fraction of sp³-hybridized carbons (Fsp3) is 0.417. The zero-order valence-electron chi connectivity index (χ0n) is 9.82. The van der Waals surface area contributed by atoms with E-state index >= 15 is 0 Å². The Hall–Kier alpha value is -1.40. The van der Waals surface area contributed by atoms with Crippen LogP contribution in [0.25, 0.3) is 0 Å². The summed E-state index contributed by atoms with van der Waals surface area (Å²) in [6, 6.07) is 9.41. The lowest BCUT2D eigenvalue weighted by Crippen LogP contribution is -2.30. The van der Waals surface area contributed by atoms with E-state index in [9.17, 15) is 9.00 Å². The molecule has 0 spiro atoms. The Bertz CT molecular complexity index is 437. The molecule has 0 saturated carbocycles. The molecule has 2 atom stereocenters. The van der Waals surface area contributed by atoms with E-state index in [-0.39, 0.29) is 18.4 Å². The minimum Gasteiger partial charge on any atom is -0.445 e. The predicted molar refractivity (Wildman–Crippen MR) is 67.4 cm³/mol. The van der Waals surface area contributed by atoms with Crippen LogP contribution in [-0.4, -0.2) is 38.1 Å². The number of ether oxygens (including phenoxy) is 1. The minimum absolute atomic E-state index is 0.225. The Kier molecular flexibility index (Phi) is 4.33. The molecule has 1 amide bonds. The molecule has 1 unspecified atom stereocenters. The van der Waals surface area contributed by atoms with Crippen LogP contribution < -0.4 is 0 Å². The van der Waals surface area contributed by atoms with Crippen molar-refractivity contribution in [1.29, 1.82) is 0 Å². The maximum atomic E-state index is 11.7. The Morgan fingerprint density at radius 3 is 2.78 bits per heavy atom. The number of carbonyl (C=O) groups excluding carboxylic acids is 1. The molecule has 2 rings (SSSR count). The van der Waals surface area contributed by atoms with Crippen LogP contribution in [0.2, 0.25) is 0 Å². The minimum atomic E-state index is -1.87. The molecule has 1 fully saturated rings. The Morgan fingerprint density at radius 1 is 1.44 bits per heavy atom. The topological polar surface area (TPSA) is 66.8 Å². The van der Waals surface area contributed by atoms with Gasteiger partial charge in [0.25, 0.3) is 0 Å². The summed E-state index contributed by atoms with van der Waals surface area (Å²) in [6.45, 7) is 0.990. The van der Waals surface area contributed by atoms with Gasteiger partial charge >= 0.3 is 6.09 Å². The lowest BCUT2D eigenvalue weighted by molar-refractivity contribution is 0.104. The first-order chi connectivity index (χ1) is 8.66. The van der Waals surface area contributed by atoms with Gasteiger partial charge in [0.1, 0.15) is 6.61 Å².